The summed E-state index contributed by atoms with van der Waals surface area (Å²) >= 11 is 1.62. The molecule has 2 aliphatic rings. The Labute approximate surface area is 170 Å². The molecule has 0 bridgehead atoms. The standard InChI is InChI=1S/C21H27N3O3S/c1-3-23(13-15-4-5-15)20(25)16-6-7-19(26-2)17(12-16)18-14-28-21(22-18)24-8-10-27-11-9-24/h6-7,12,14-15H,3-5,8-11,13H2,1-2H3. The number of rotatable bonds is 7. The molecule has 6 nitrogen and oxygen atoms in total. The Hall–Kier alpha value is -2.12. The molecule has 2 aromatic rings. The van der Waals surface area contributed by atoms with E-state index in [1.165, 1.54) is 12.8 Å². The van der Waals surface area contributed by atoms with Crippen molar-refractivity contribution < 1.29 is 14.3 Å². The first-order valence-corrected chi connectivity index (χ1v) is 10.8. The molecule has 1 aromatic heterocycles. The zero-order valence-electron chi connectivity index (χ0n) is 16.5. The fourth-order valence-electron chi connectivity index (χ4n) is 3.48. The smallest absolute Gasteiger partial charge is 0.253 e. The molecule has 1 aliphatic heterocycles. The zero-order valence-corrected chi connectivity index (χ0v) is 17.3. The second-order valence-electron chi connectivity index (χ2n) is 7.32. The summed E-state index contributed by atoms with van der Waals surface area (Å²) in [5, 5.41) is 3.03. The van der Waals surface area contributed by atoms with Crippen molar-refractivity contribution in [1.82, 2.24) is 9.88 Å². The number of hydrogen-bond donors (Lipinski definition) is 0. The SMILES string of the molecule is CCN(CC1CC1)C(=O)c1ccc(OC)c(-c2csc(N3CCOCC3)n2)c1. The average molecular weight is 402 g/mol. The van der Waals surface area contributed by atoms with Gasteiger partial charge in [0.25, 0.3) is 5.91 Å². The van der Waals surface area contributed by atoms with Crippen molar-refractivity contribution in [2.75, 3.05) is 51.4 Å². The van der Waals surface area contributed by atoms with Gasteiger partial charge in [0, 0.05) is 42.7 Å². The van der Waals surface area contributed by atoms with Crippen LogP contribution in [0.2, 0.25) is 0 Å². The van der Waals surface area contributed by atoms with Gasteiger partial charge in [-0.05, 0) is 43.9 Å². The van der Waals surface area contributed by atoms with Crippen molar-refractivity contribution in [2.24, 2.45) is 5.92 Å². The maximum absolute atomic E-state index is 13.0. The highest BCUT2D eigenvalue weighted by Crippen LogP contribution is 2.35. The number of thiazole rings is 1. The van der Waals surface area contributed by atoms with Crippen LogP contribution in [0.3, 0.4) is 0 Å². The normalized spacial score (nSPS) is 16.9. The zero-order chi connectivity index (χ0) is 19.5. The molecule has 1 amide bonds. The molecule has 0 N–H and O–H groups in total. The van der Waals surface area contributed by atoms with E-state index in [1.807, 2.05) is 35.4 Å². The molecule has 1 saturated carbocycles. The van der Waals surface area contributed by atoms with Gasteiger partial charge in [-0.25, -0.2) is 4.98 Å². The predicted molar refractivity (Wildman–Crippen MR) is 111 cm³/mol. The fourth-order valence-corrected chi connectivity index (χ4v) is 4.36. The van der Waals surface area contributed by atoms with Crippen molar-refractivity contribution in [3.05, 3.63) is 29.1 Å². The van der Waals surface area contributed by atoms with E-state index in [2.05, 4.69) is 4.90 Å². The summed E-state index contributed by atoms with van der Waals surface area (Å²) in [6.07, 6.45) is 2.47. The highest BCUT2D eigenvalue weighted by molar-refractivity contribution is 7.14. The lowest BCUT2D eigenvalue weighted by Crippen LogP contribution is -2.36. The molecule has 4 rings (SSSR count). The average Bonchev–Trinajstić information content (AvgIpc) is 3.44. The van der Waals surface area contributed by atoms with E-state index < -0.39 is 0 Å². The number of methoxy groups -OCH3 is 1. The largest absolute Gasteiger partial charge is 0.496 e. The van der Waals surface area contributed by atoms with Crippen LogP contribution in [-0.4, -0.2) is 62.3 Å². The number of nitrogens with zero attached hydrogens (tertiary/aromatic N) is 3. The first-order valence-electron chi connectivity index (χ1n) is 9.95. The topological polar surface area (TPSA) is 54.9 Å². The summed E-state index contributed by atoms with van der Waals surface area (Å²) in [6.45, 7) is 6.81. The number of amides is 1. The molecule has 1 aliphatic carbocycles. The van der Waals surface area contributed by atoms with Gasteiger partial charge in [0.15, 0.2) is 5.13 Å². The van der Waals surface area contributed by atoms with Gasteiger partial charge in [0.05, 0.1) is 26.0 Å². The van der Waals surface area contributed by atoms with Gasteiger partial charge in [-0.15, -0.1) is 11.3 Å². The summed E-state index contributed by atoms with van der Waals surface area (Å²) < 4.78 is 11.0. The molecular weight excluding hydrogens is 374 g/mol. The lowest BCUT2D eigenvalue weighted by atomic mass is 10.1. The Balaban J connectivity index is 1.60. The van der Waals surface area contributed by atoms with Crippen LogP contribution >= 0.6 is 11.3 Å². The van der Waals surface area contributed by atoms with Gasteiger partial charge in [-0.2, -0.15) is 0 Å². The van der Waals surface area contributed by atoms with Gasteiger partial charge in [-0.3, -0.25) is 4.79 Å². The van der Waals surface area contributed by atoms with Crippen LogP contribution in [0, 0.1) is 5.92 Å². The molecule has 0 spiro atoms. The molecule has 1 saturated heterocycles. The van der Waals surface area contributed by atoms with E-state index in [0.717, 1.165) is 61.5 Å². The number of benzene rings is 1. The highest BCUT2D eigenvalue weighted by Gasteiger charge is 2.27. The fraction of sp³-hybridized carbons (Fsp3) is 0.524. The number of ether oxygens (including phenoxy) is 2. The molecule has 1 aromatic carbocycles. The molecule has 0 radical (unpaired) electrons. The van der Waals surface area contributed by atoms with E-state index in [9.17, 15) is 4.79 Å². The predicted octanol–water partition coefficient (Wildman–Crippen LogP) is 3.53. The summed E-state index contributed by atoms with van der Waals surface area (Å²) in [6, 6.07) is 5.66. The number of anilines is 1. The van der Waals surface area contributed by atoms with E-state index in [4.69, 9.17) is 14.5 Å². The molecule has 2 heterocycles. The third-order valence-electron chi connectivity index (χ3n) is 5.34. The van der Waals surface area contributed by atoms with Gasteiger partial charge >= 0.3 is 0 Å². The summed E-state index contributed by atoms with van der Waals surface area (Å²) in [4.78, 5) is 22.0. The molecular formula is C21H27N3O3S. The van der Waals surface area contributed by atoms with Crippen LogP contribution in [0.4, 0.5) is 5.13 Å². The molecule has 2 fully saturated rings. The number of carbonyl (C=O) groups excluding carboxylic acids is 1. The third-order valence-corrected chi connectivity index (χ3v) is 6.24. The molecule has 7 heteroatoms. The Bertz CT molecular complexity index is 828. The van der Waals surface area contributed by atoms with Crippen LogP contribution in [0.25, 0.3) is 11.3 Å². The van der Waals surface area contributed by atoms with Gasteiger partial charge in [-0.1, -0.05) is 0 Å². The van der Waals surface area contributed by atoms with Crippen LogP contribution < -0.4 is 9.64 Å². The van der Waals surface area contributed by atoms with Crippen molar-refractivity contribution in [1.29, 1.82) is 0 Å². The van der Waals surface area contributed by atoms with Crippen LogP contribution in [0.1, 0.15) is 30.1 Å². The van der Waals surface area contributed by atoms with Crippen LogP contribution in [0.15, 0.2) is 23.6 Å². The molecule has 0 atom stereocenters. The second-order valence-corrected chi connectivity index (χ2v) is 8.15. The first-order chi connectivity index (χ1) is 13.7. The molecule has 150 valence electrons. The number of morpholine rings is 1. The maximum atomic E-state index is 13.0. The van der Waals surface area contributed by atoms with Crippen LogP contribution in [-0.2, 0) is 4.74 Å². The number of hydrogen-bond acceptors (Lipinski definition) is 6. The van der Waals surface area contributed by atoms with Crippen molar-refractivity contribution in [3.63, 3.8) is 0 Å². The van der Waals surface area contributed by atoms with Gasteiger partial charge in [0.2, 0.25) is 0 Å². The minimum absolute atomic E-state index is 0.0851. The number of aromatic nitrogens is 1. The minimum atomic E-state index is 0.0851. The highest BCUT2D eigenvalue weighted by atomic mass is 32.1. The second kappa shape index (κ2) is 8.49. The van der Waals surface area contributed by atoms with Gasteiger partial charge in [0.1, 0.15) is 5.75 Å². The molecule has 0 unspecified atom stereocenters. The van der Waals surface area contributed by atoms with Crippen molar-refractivity contribution in [2.45, 2.75) is 19.8 Å². The summed E-state index contributed by atoms with van der Waals surface area (Å²) in [5.74, 6) is 1.50. The summed E-state index contributed by atoms with van der Waals surface area (Å²) in [5.41, 5.74) is 2.41. The molecule has 28 heavy (non-hydrogen) atoms. The van der Waals surface area contributed by atoms with E-state index in [-0.39, 0.29) is 5.91 Å². The summed E-state index contributed by atoms with van der Waals surface area (Å²) in [7, 11) is 1.65. The van der Waals surface area contributed by atoms with E-state index in [1.54, 1.807) is 18.4 Å². The van der Waals surface area contributed by atoms with E-state index >= 15 is 0 Å². The lowest BCUT2D eigenvalue weighted by molar-refractivity contribution is 0.0757. The lowest BCUT2D eigenvalue weighted by Gasteiger charge is -2.26. The quantitative estimate of drug-likeness (QED) is 0.710. The third kappa shape index (κ3) is 4.15. The first kappa shape index (κ1) is 19.2. The van der Waals surface area contributed by atoms with Crippen molar-refractivity contribution in [3.8, 4) is 17.0 Å². The Morgan fingerprint density at radius 1 is 1.36 bits per heavy atom. The minimum Gasteiger partial charge on any atom is -0.496 e. The van der Waals surface area contributed by atoms with E-state index in [0.29, 0.717) is 11.5 Å². The Kier molecular flexibility index (Phi) is 5.82. The number of carbonyl (C=O) groups is 1. The van der Waals surface area contributed by atoms with Crippen molar-refractivity contribution >= 4 is 22.4 Å². The monoisotopic (exact) mass is 401 g/mol. The van der Waals surface area contributed by atoms with Crippen LogP contribution in [0.5, 0.6) is 5.75 Å². The Morgan fingerprint density at radius 3 is 2.82 bits per heavy atom. The Morgan fingerprint density at radius 2 is 2.14 bits per heavy atom. The van der Waals surface area contributed by atoms with Gasteiger partial charge < -0.3 is 19.3 Å². The maximum Gasteiger partial charge on any atom is 0.253 e.